The van der Waals surface area contributed by atoms with Gasteiger partial charge in [-0.15, -0.1) is 0 Å². The molecule has 0 aliphatic carbocycles. The molecule has 1 rings (SSSR count). The molecule has 19 heavy (non-hydrogen) atoms. The number of rotatable bonds is 4. The maximum atomic E-state index is 12.6. The van der Waals surface area contributed by atoms with Crippen molar-refractivity contribution in [1.29, 1.82) is 0 Å². The molecule has 1 aromatic carbocycles. The van der Waals surface area contributed by atoms with Crippen LogP contribution in [0.2, 0.25) is 0 Å². The molecule has 0 heterocycles. The first-order valence-electron chi connectivity index (χ1n) is 5.24. The van der Waals surface area contributed by atoms with Crippen molar-refractivity contribution in [2.75, 3.05) is 25.6 Å². The van der Waals surface area contributed by atoms with E-state index >= 15 is 0 Å². The number of anilines is 1. The number of hydrogen-bond acceptors (Lipinski definition) is 2. The van der Waals surface area contributed by atoms with Crippen LogP contribution >= 0.6 is 28.1 Å². The standard InChI is InChI=1S/C11H12BrF3N2OS/c1-18-3-2-16-10(19)17-9-5-7(11(13,14)15)4-8(12)6-9/h4-6H,2-3H2,1H3,(H2,16,17,19). The van der Waals surface area contributed by atoms with Gasteiger partial charge in [0.1, 0.15) is 0 Å². The summed E-state index contributed by atoms with van der Waals surface area (Å²) in [6.07, 6.45) is -4.40. The first-order valence-corrected chi connectivity index (χ1v) is 6.44. The Kier molecular flexibility index (Phi) is 6.02. The Labute approximate surface area is 122 Å². The molecule has 0 atom stereocenters. The van der Waals surface area contributed by atoms with Gasteiger partial charge < -0.3 is 15.4 Å². The zero-order valence-corrected chi connectivity index (χ0v) is 12.4. The third-order valence-electron chi connectivity index (χ3n) is 2.07. The van der Waals surface area contributed by atoms with E-state index in [1.54, 1.807) is 7.11 Å². The highest BCUT2D eigenvalue weighted by atomic mass is 79.9. The highest BCUT2D eigenvalue weighted by Crippen LogP contribution is 2.33. The van der Waals surface area contributed by atoms with Crippen LogP contribution in [0.4, 0.5) is 18.9 Å². The fraction of sp³-hybridized carbons (Fsp3) is 0.364. The normalized spacial score (nSPS) is 11.2. The SMILES string of the molecule is COCCNC(=S)Nc1cc(Br)cc(C(F)(F)F)c1. The van der Waals surface area contributed by atoms with E-state index in [4.69, 9.17) is 17.0 Å². The van der Waals surface area contributed by atoms with Gasteiger partial charge in [0.15, 0.2) is 5.11 Å². The summed E-state index contributed by atoms with van der Waals surface area (Å²) in [5.41, 5.74) is -0.485. The molecule has 0 fully saturated rings. The maximum absolute atomic E-state index is 12.6. The molecule has 2 N–H and O–H groups in total. The van der Waals surface area contributed by atoms with Crippen LogP contribution in [0.15, 0.2) is 22.7 Å². The Morgan fingerprint density at radius 1 is 1.37 bits per heavy atom. The van der Waals surface area contributed by atoms with Crippen LogP contribution in [-0.2, 0) is 10.9 Å². The van der Waals surface area contributed by atoms with E-state index in [1.807, 2.05) is 0 Å². The molecule has 0 aromatic heterocycles. The predicted octanol–water partition coefficient (Wildman–Crippen LogP) is 3.40. The van der Waals surface area contributed by atoms with Crippen molar-refractivity contribution < 1.29 is 17.9 Å². The third kappa shape index (κ3) is 5.75. The summed E-state index contributed by atoms with van der Waals surface area (Å²) in [4.78, 5) is 0. The van der Waals surface area contributed by atoms with Crippen molar-refractivity contribution in [1.82, 2.24) is 5.32 Å². The fourth-order valence-corrected chi connectivity index (χ4v) is 1.98. The molecule has 0 saturated heterocycles. The van der Waals surface area contributed by atoms with Gasteiger partial charge >= 0.3 is 6.18 Å². The van der Waals surface area contributed by atoms with E-state index in [2.05, 4.69) is 26.6 Å². The van der Waals surface area contributed by atoms with E-state index in [-0.39, 0.29) is 10.8 Å². The first-order chi connectivity index (χ1) is 8.82. The van der Waals surface area contributed by atoms with Crippen LogP contribution < -0.4 is 10.6 Å². The molecule has 106 valence electrons. The second-order valence-electron chi connectivity index (χ2n) is 3.60. The lowest BCUT2D eigenvalue weighted by molar-refractivity contribution is -0.137. The summed E-state index contributed by atoms with van der Waals surface area (Å²) in [5.74, 6) is 0. The topological polar surface area (TPSA) is 33.3 Å². The summed E-state index contributed by atoms with van der Waals surface area (Å²) in [6, 6.07) is 3.52. The minimum absolute atomic E-state index is 0.239. The van der Waals surface area contributed by atoms with E-state index in [9.17, 15) is 13.2 Å². The second-order valence-corrected chi connectivity index (χ2v) is 4.92. The van der Waals surface area contributed by atoms with Gasteiger partial charge in [-0.25, -0.2) is 0 Å². The monoisotopic (exact) mass is 356 g/mol. The number of methoxy groups -OCH3 is 1. The van der Waals surface area contributed by atoms with Crippen LogP contribution in [0.3, 0.4) is 0 Å². The summed E-state index contributed by atoms with van der Waals surface area (Å²) in [6.45, 7) is 0.927. The van der Waals surface area contributed by atoms with E-state index in [0.717, 1.165) is 12.1 Å². The van der Waals surface area contributed by atoms with E-state index in [0.29, 0.717) is 17.6 Å². The smallest absolute Gasteiger partial charge is 0.383 e. The van der Waals surface area contributed by atoms with E-state index < -0.39 is 11.7 Å². The molecular formula is C11H12BrF3N2OS. The Hall–Kier alpha value is -0.860. The van der Waals surface area contributed by atoms with Crippen molar-refractivity contribution in [2.45, 2.75) is 6.18 Å². The van der Waals surface area contributed by atoms with Gasteiger partial charge in [0.25, 0.3) is 0 Å². The number of ether oxygens (including phenoxy) is 1. The van der Waals surface area contributed by atoms with Crippen LogP contribution in [0.1, 0.15) is 5.56 Å². The average Bonchev–Trinajstić information content (AvgIpc) is 2.27. The number of halogens is 4. The van der Waals surface area contributed by atoms with Crippen LogP contribution in [0.5, 0.6) is 0 Å². The average molecular weight is 357 g/mol. The number of hydrogen-bond donors (Lipinski definition) is 2. The summed E-state index contributed by atoms with van der Waals surface area (Å²) < 4.78 is 43.0. The van der Waals surface area contributed by atoms with Crippen LogP contribution in [0.25, 0.3) is 0 Å². The lowest BCUT2D eigenvalue weighted by atomic mass is 10.2. The molecule has 0 saturated carbocycles. The second kappa shape index (κ2) is 7.06. The van der Waals surface area contributed by atoms with Crippen molar-refractivity contribution in [3.63, 3.8) is 0 Å². The van der Waals surface area contributed by atoms with Crippen molar-refractivity contribution in [3.05, 3.63) is 28.2 Å². The maximum Gasteiger partial charge on any atom is 0.416 e. The highest BCUT2D eigenvalue weighted by Gasteiger charge is 2.31. The number of benzene rings is 1. The minimum atomic E-state index is -4.40. The zero-order chi connectivity index (χ0) is 14.5. The number of alkyl halides is 3. The van der Waals surface area contributed by atoms with Gasteiger partial charge in [-0.05, 0) is 30.4 Å². The molecule has 3 nitrogen and oxygen atoms in total. The number of nitrogens with one attached hydrogen (secondary N) is 2. The molecule has 0 aliphatic heterocycles. The van der Waals surface area contributed by atoms with Crippen molar-refractivity contribution in [3.8, 4) is 0 Å². The fourth-order valence-electron chi connectivity index (χ4n) is 1.27. The Morgan fingerprint density at radius 3 is 2.63 bits per heavy atom. The zero-order valence-electron chi connectivity index (χ0n) is 9.97. The molecule has 0 spiro atoms. The predicted molar refractivity (Wildman–Crippen MR) is 75.2 cm³/mol. The largest absolute Gasteiger partial charge is 0.416 e. The Balaban J connectivity index is 2.73. The van der Waals surface area contributed by atoms with Gasteiger partial charge in [-0.1, -0.05) is 15.9 Å². The van der Waals surface area contributed by atoms with Gasteiger partial charge in [-0.2, -0.15) is 13.2 Å². The van der Waals surface area contributed by atoms with Crippen molar-refractivity contribution in [2.24, 2.45) is 0 Å². The van der Waals surface area contributed by atoms with Gasteiger partial charge in [0, 0.05) is 23.8 Å². The summed E-state index contributed by atoms with van der Waals surface area (Å²) in [5, 5.41) is 5.74. The molecular weight excluding hydrogens is 345 g/mol. The quantitative estimate of drug-likeness (QED) is 0.639. The molecule has 8 heteroatoms. The van der Waals surface area contributed by atoms with Crippen LogP contribution in [-0.4, -0.2) is 25.4 Å². The van der Waals surface area contributed by atoms with Crippen LogP contribution in [0, 0.1) is 0 Å². The van der Waals surface area contributed by atoms with Gasteiger partial charge in [0.05, 0.1) is 12.2 Å². The molecule has 0 radical (unpaired) electrons. The third-order valence-corrected chi connectivity index (χ3v) is 2.78. The lowest BCUT2D eigenvalue weighted by Gasteiger charge is -2.13. The minimum Gasteiger partial charge on any atom is -0.383 e. The Morgan fingerprint density at radius 2 is 2.05 bits per heavy atom. The van der Waals surface area contributed by atoms with Crippen molar-refractivity contribution >= 4 is 38.9 Å². The molecule has 1 aromatic rings. The molecule has 0 bridgehead atoms. The molecule has 0 aliphatic rings. The Bertz CT molecular complexity index is 454. The van der Waals surface area contributed by atoms with E-state index in [1.165, 1.54) is 6.07 Å². The number of thiocarbonyl (C=S) groups is 1. The molecule has 0 unspecified atom stereocenters. The highest BCUT2D eigenvalue weighted by molar-refractivity contribution is 9.10. The van der Waals surface area contributed by atoms with Gasteiger partial charge in [0.2, 0.25) is 0 Å². The first kappa shape index (κ1) is 16.2. The molecule has 0 amide bonds. The summed E-state index contributed by atoms with van der Waals surface area (Å²) >= 11 is 7.99. The van der Waals surface area contributed by atoms with Gasteiger partial charge in [-0.3, -0.25) is 0 Å². The lowest BCUT2D eigenvalue weighted by Crippen LogP contribution is -2.31. The summed E-state index contributed by atoms with van der Waals surface area (Å²) in [7, 11) is 1.54.